The summed E-state index contributed by atoms with van der Waals surface area (Å²) in [7, 11) is 0. The number of nitrogens with zero attached hydrogens (tertiary/aromatic N) is 3. The second kappa shape index (κ2) is 9.23. The molecule has 5 unspecified atom stereocenters. The van der Waals surface area contributed by atoms with Gasteiger partial charge in [0.05, 0.1) is 28.9 Å². The lowest BCUT2D eigenvalue weighted by molar-refractivity contribution is 0.128. The molecule has 154 valence electrons. The van der Waals surface area contributed by atoms with Crippen LogP contribution in [0.3, 0.4) is 0 Å². The van der Waals surface area contributed by atoms with Gasteiger partial charge in [-0.15, -0.1) is 0 Å². The van der Waals surface area contributed by atoms with Crippen LogP contribution in [0.1, 0.15) is 77.6 Å². The van der Waals surface area contributed by atoms with Crippen LogP contribution >= 0.6 is 0 Å². The summed E-state index contributed by atoms with van der Waals surface area (Å²) in [6, 6.07) is 5.15. The van der Waals surface area contributed by atoms with E-state index in [1.807, 2.05) is 25.1 Å². The smallest absolute Gasteiger partial charge is 0.125 e. The molecule has 1 aromatic rings. The molecular formula is C23H33F2N3. The Labute approximate surface area is 167 Å². The molecular weight excluding hydrogens is 356 g/mol. The molecule has 0 radical (unpaired) electrons. The number of hydrogen-bond donors (Lipinski definition) is 0. The van der Waals surface area contributed by atoms with Crippen molar-refractivity contribution in [2.75, 3.05) is 0 Å². The number of hydrogen-bond acceptors (Lipinski definition) is 3. The van der Waals surface area contributed by atoms with Gasteiger partial charge in [0.15, 0.2) is 0 Å². The van der Waals surface area contributed by atoms with Crippen LogP contribution in [0.5, 0.6) is 0 Å². The average Bonchev–Trinajstić information content (AvgIpc) is 2.67. The molecule has 0 aliphatic heterocycles. The van der Waals surface area contributed by atoms with E-state index in [1.54, 1.807) is 6.92 Å². The molecule has 0 N–H and O–H groups in total. The quantitative estimate of drug-likeness (QED) is 0.604. The SMILES string of the molecule is CC(=NC1CC(C)CCC1C)c1cccc(C(C)=NC2C(F)CCCC2F)n1. The van der Waals surface area contributed by atoms with Crippen molar-refractivity contribution in [3.8, 4) is 0 Å². The van der Waals surface area contributed by atoms with Crippen molar-refractivity contribution in [1.82, 2.24) is 4.98 Å². The van der Waals surface area contributed by atoms with Crippen molar-refractivity contribution < 1.29 is 8.78 Å². The first-order chi connectivity index (χ1) is 13.3. The largest absolute Gasteiger partial charge is 0.284 e. The Kier molecular flexibility index (Phi) is 6.95. The third-order valence-electron chi connectivity index (χ3n) is 6.31. The van der Waals surface area contributed by atoms with Gasteiger partial charge in [0, 0.05) is 0 Å². The molecule has 5 atom stereocenters. The lowest BCUT2D eigenvalue weighted by Gasteiger charge is -2.30. The maximum atomic E-state index is 14.1. The predicted octanol–water partition coefficient (Wildman–Crippen LogP) is 5.75. The van der Waals surface area contributed by atoms with Crippen LogP contribution in [0.4, 0.5) is 8.78 Å². The Bertz CT molecular complexity index is 720. The third kappa shape index (κ3) is 5.03. The lowest BCUT2D eigenvalue weighted by Crippen LogP contribution is -2.35. The third-order valence-corrected chi connectivity index (χ3v) is 6.31. The molecule has 2 aliphatic carbocycles. The van der Waals surface area contributed by atoms with E-state index in [-0.39, 0.29) is 0 Å². The summed E-state index contributed by atoms with van der Waals surface area (Å²) in [6.07, 6.45) is 2.57. The van der Waals surface area contributed by atoms with Gasteiger partial charge in [-0.05, 0) is 69.9 Å². The molecule has 0 amide bonds. The summed E-state index contributed by atoms with van der Waals surface area (Å²) in [5, 5.41) is 0. The summed E-state index contributed by atoms with van der Waals surface area (Å²) in [5.74, 6) is 1.30. The molecule has 0 aromatic carbocycles. The highest BCUT2D eigenvalue weighted by Gasteiger charge is 2.33. The predicted molar refractivity (Wildman–Crippen MR) is 112 cm³/mol. The van der Waals surface area contributed by atoms with Crippen LogP contribution in [0, 0.1) is 11.8 Å². The van der Waals surface area contributed by atoms with Crippen LogP contribution < -0.4 is 0 Å². The van der Waals surface area contributed by atoms with E-state index in [0.717, 1.165) is 17.8 Å². The van der Waals surface area contributed by atoms with Gasteiger partial charge in [0.1, 0.15) is 18.4 Å². The van der Waals surface area contributed by atoms with Gasteiger partial charge in [0.2, 0.25) is 0 Å². The molecule has 2 fully saturated rings. The molecule has 28 heavy (non-hydrogen) atoms. The normalized spacial score (nSPS) is 35.1. The zero-order chi connectivity index (χ0) is 20.3. The molecule has 5 heteroatoms. The van der Waals surface area contributed by atoms with Crippen molar-refractivity contribution in [2.45, 2.75) is 90.6 Å². The molecule has 3 nitrogen and oxygen atoms in total. The topological polar surface area (TPSA) is 37.6 Å². The van der Waals surface area contributed by atoms with Gasteiger partial charge >= 0.3 is 0 Å². The first-order valence-corrected chi connectivity index (χ1v) is 10.7. The van der Waals surface area contributed by atoms with E-state index in [1.165, 1.54) is 12.8 Å². The number of rotatable bonds is 4. The average molecular weight is 390 g/mol. The second-order valence-corrected chi connectivity index (χ2v) is 8.75. The fraction of sp³-hybridized carbons (Fsp3) is 0.696. The van der Waals surface area contributed by atoms with Gasteiger partial charge < -0.3 is 0 Å². The molecule has 0 saturated heterocycles. The highest BCUT2D eigenvalue weighted by Crippen LogP contribution is 2.31. The molecule has 2 saturated carbocycles. The van der Waals surface area contributed by atoms with Crippen molar-refractivity contribution in [2.24, 2.45) is 21.8 Å². The Morgan fingerprint density at radius 1 is 0.929 bits per heavy atom. The highest BCUT2D eigenvalue weighted by molar-refractivity contribution is 6.00. The first-order valence-electron chi connectivity index (χ1n) is 10.7. The summed E-state index contributed by atoms with van der Waals surface area (Å²) < 4.78 is 28.2. The number of halogens is 2. The van der Waals surface area contributed by atoms with E-state index in [0.29, 0.717) is 48.5 Å². The van der Waals surface area contributed by atoms with E-state index in [2.05, 4.69) is 18.8 Å². The minimum atomic E-state index is -1.21. The van der Waals surface area contributed by atoms with Crippen LogP contribution in [-0.2, 0) is 0 Å². The van der Waals surface area contributed by atoms with E-state index >= 15 is 0 Å². The molecule has 2 aliphatic rings. The monoisotopic (exact) mass is 389 g/mol. The molecule has 1 heterocycles. The Morgan fingerprint density at radius 3 is 2.18 bits per heavy atom. The van der Waals surface area contributed by atoms with Gasteiger partial charge in [-0.25, -0.2) is 13.8 Å². The van der Waals surface area contributed by atoms with E-state index in [4.69, 9.17) is 9.98 Å². The van der Waals surface area contributed by atoms with Gasteiger partial charge in [-0.1, -0.05) is 26.3 Å². The summed E-state index contributed by atoms with van der Waals surface area (Å²) >= 11 is 0. The van der Waals surface area contributed by atoms with Gasteiger partial charge in [-0.2, -0.15) is 0 Å². The Balaban J connectivity index is 1.79. The number of pyridine rings is 1. The maximum Gasteiger partial charge on any atom is 0.125 e. The second-order valence-electron chi connectivity index (χ2n) is 8.75. The van der Waals surface area contributed by atoms with Crippen LogP contribution in [0.2, 0.25) is 0 Å². The molecule has 3 rings (SSSR count). The minimum absolute atomic E-state index is 0.339. The minimum Gasteiger partial charge on any atom is -0.284 e. The van der Waals surface area contributed by atoms with Crippen LogP contribution in [0.25, 0.3) is 0 Å². The van der Waals surface area contributed by atoms with Gasteiger partial charge in [0.25, 0.3) is 0 Å². The Hall–Kier alpha value is -1.65. The highest BCUT2D eigenvalue weighted by atomic mass is 19.1. The zero-order valence-corrected chi connectivity index (χ0v) is 17.5. The fourth-order valence-corrected chi connectivity index (χ4v) is 4.36. The van der Waals surface area contributed by atoms with Crippen molar-refractivity contribution in [3.63, 3.8) is 0 Å². The number of aromatic nitrogens is 1. The maximum absolute atomic E-state index is 14.1. The number of aliphatic imine (C=N–C) groups is 2. The fourth-order valence-electron chi connectivity index (χ4n) is 4.36. The molecule has 0 spiro atoms. The molecule has 0 bridgehead atoms. The van der Waals surface area contributed by atoms with Crippen molar-refractivity contribution in [1.29, 1.82) is 0 Å². The standard InChI is InChI=1S/C23H33F2N3/c1-14-11-12-15(2)22(13-14)26-16(3)20-9-6-10-21(28-20)17(4)27-23-18(24)7-5-8-19(23)25/h6,9-10,14-15,18-19,22-23H,5,7-8,11-13H2,1-4H3. The summed E-state index contributed by atoms with van der Waals surface area (Å²) in [4.78, 5) is 14.0. The number of alkyl halides is 2. The lowest BCUT2D eigenvalue weighted by atomic mass is 9.80. The summed E-state index contributed by atoms with van der Waals surface area (Å²) in [5.41, 5.74) is 2.99. The van der Waals surface area contributed by atoms with Crippen molar-refractivity contribution in [3.05, 3.63) is 29.6 Å². The van der Waals surface area contributed by atoms with Gasteiger partial charge in [-0.3, -0.25) is 9.98 Å². The first kappa shape index (κ1) is 21.1. The summed E-state index contributed by atoms with van der Waals surface area (Å²) in [6.45, 7) is 8.36. The van der Waals surface area contributed by atoms with E-state index < -0.39 is 18.4 Å². The van der Waals surface area contributed by atoms with Crippen molar-refractivity contribution >= 4 is 11.4 Å². The van der Waals surface area contributed by atoms with E-state index in [9.17, 15) is 8.78 Å². The zero-order valence-electron chi connectivity index (χ0n) is 17.5. The van der Waals surface area contributed by atoms with Crippen LogP contribution in [-0.4, -0.2) is 40.8 Å². The van der Waals surface area contributed by atoms with Crippen LogP contribution in [0.15, 0.2) is 28.2 Å². The Morgan fingerprint density at radius 2 is 1.54 bits per heavy atom. The molecule has 1 aromatic heterocycles.